The van der Waals surface area contributed by atoms with Crippen LogP contribution in [-0.2, 0) is 0 Å². The number of carboxylic acids is 2. The molecule has 4 nitrogen and oxygen atoms in total. The van der Waals surface area contributed by atoms with Gasteiger partial charge in [-0.1, -0.05) is 18.2 Å². The van der Waals surface area contributed by atoms with Crippen molar-refractivity contribution in [1.82, 2.24) is 0 Å². The molecule has 14 heavy (non-hydrogen) atoms. The molecule has 1 rings (SSSR count). The minimum Gasteiger partial charge on any atom is -0.545 e. The molecule has 0 spiro atoms. The Kier molecular flexibility index (Phi) is 11.5. The van der Waals surface area contributed by atoms with E-state index in [9.17, 15) is 19.8 Å². The fraction of sp³-hybridized carbons (Fsp3) is 0. The average Bonchev–Trinajstić information content (AvgIpc) is 2.04. The maximum absolute atomic E-state index is 10.3. The second kappa shape index (κ2) is 8.87. The van der Waals surface area contributed by atoms with Crippen LogP contribution >= 0.6 is 0 Å². The summed E-state index contributed by atoms with van der Waals surface area (Å²) >= 11 is 0. The molecule has 6 heteroatoms. The Hall–Kier alpha value is 1.77. The standard InChI is InChI=1S/C8H6O4.2Rb/c9-7(10)5-2-1-3-6(4-5)8(11)12;;/h1-4H,(H,9,10)(H,11,12);;/q;2*+1/p-2. The van der Waals surface area contributed by atoms with E-state index in [0.717, 1.165) is 6.07 Å². The van der Waals surface area contributed by atoms with E-state index in [1.54, 1.807) is 0 Å². The van der Waals surface area contributed by atoms with E-state index in [-0.39, 0.29) is 128 Å². The van der Waals surface area contributed by atoms with Gasteiger partial charge >= 0.3 is 116 Å². The van der Waals surface area contributed by atoms with Crippen molar-refractivity contribution in [1.29, 1.82) is 0 Å². The summed E-state index contributed by atoms with van der Waals surface area (Å²) < 4.78 is 0. The monoisotopic (exact) mass is 334 g/mol. The summed E-state index contributed by atoms with van der Waals surface area (Å²) in [7, 11) is 0. The van der Waals surface area contributed by atoms with Gasteiger partial charge in [-0.05, 0) is 17.2 Å². The summed E-state index contributed by atoms with van der Waals surface area (Å²) in [5.74, 6) is -2.81. The van der Waals surface area contributed by atoms with Crippen LogP contribution in [0.3, 0.4) is 0 Å². The van der Waals surface area contributed by atoms with Gasteiger partial charge in [0.15, 0.2) is 0 Å². The van der Waals surface area contributed by atoms with Crippen molar-refractivity contribution >= 4 is 11.9 Å². The third-order valence-corrected chi connectivity index (χ3v) is 1.33. The predicted octanol–water partition coefficient (Wildman–Crippen LogP) is -7.58. The van der Waals surface area contributed by atoms with Crippen molar-refractivity contribution in [2.75, 3.05) is 0 Å². The van der Waals surface area contributed by atoms with Crippen molar-refractivity contribution in [2.45, 2.75) is 0 Å². The third-order valence-electron chi connectivity index (χ3n) is 1.33. The smallest absolute Gasteiger partial charge is 0.545 e. The zero-order valence-corrected chi connectivity index (χ0v) is 17.8. The molecule has 0 saturated carbocycles. The summed E-state index contributed by atoms with van der Waals surface area (Å²) in [6.07, 6.45) is 0. The molecule has 0 fully saturated rings. The molecule has 0 saturated heterocycles. The summed E-state index contributed by atoms with van der Waals surface area (Å²) in [5, 5.41) is 20.5. The largest absolute Gasteiger partial charge is 1.00 e. The number of hydrogen-bond donors (Lipinski definition) is 0. The zero-order chi connectivity index (χ0) is 9.14. The number of carbonyl (C=O) groups excluding carboxylic acids is 2. The molecule has 0 unspecified atom stereocenters. The average molecular weight is 335 g/mol. The van der Waals surface area contributed by atoms with E-state index < -0.39 is 11.9 Å². The van der Waals surface area contributed by atoms with Gasteiger partial charge in [-0.25, -0.2) is 0 Å². The van der Waals surface area contributed by atoms with Crippen LogP contribution in [0.1, 0.15) is 20.7 Å². The van der Waals surface area contributed by atoms with Crippen LogP contribution in [0, 0.1) is 0 Å². The molecule has 0 radical (unpaired) electrons. The summed E-state index contributed by atoms with van der Waals surface area (Å²) in [5.41, 5.74) is -0.339. The molecule has 0 aliphatic heterocycles. The topological polar surface area (TPSA) is 80.3 Å². The molecule has 0 amide bonds. The van der Waals surface area contributed by atoms with Crippen LogP contribution in [0.4, 0.5) is 0 Å². The first kappa shape index (κ1) is 18.1. The molecular formula is C8H4O4Rb2. The fourth-order valence-electron chi connectivity index (χ4n) is 0.773. The molecule has 0 bridgehead atoms. The Labute approximate surface area is 179 Å². The molecule has 0 heterocycles. The van der Waals surface area contributed by atoms with Crippen LogP contribution < -0.4 is 127 Å². The quantitative estimate of drug-likeness (QED) is 0.538. The normalized spacial score (nSPS) is 8.00. The first-order valence-corrected chi connectivity index (χ1v) is 3.14. The number of carbonyl (C=O) groups is 2. The molecule has 1 aromatic carbocycles. The van der Waals surface area contributed by atoms with E-state index >= 15 is 0 Å². The molecule has 0 N–H and O–H groups in total. The summed E-state index contributed by atoms with van der Waals surface area (Å²) in [4.78, 5) is 20.5. The van der Waals surface area contributed by atoms with Gasteiger partial charge < -0.3 is 19.8 Å². The third kappa shape index (κ3) is 5.75. The van der Waals surface area contributed by atoms with E-state index in [0.29, 0.717) is 0 Å². The van der Waals surface area contributed by atoms with Gasteiger partial charge in [0.2, 0.25) is 0 Å². The Morgan fingerprint density at radius 3 is 1.57 bits per heavy atom. The Morgan fingerprint density at radius 2 is 1.29 bits per heavy atom. The maximum Gasteiger partial charge on any atom is 1.00 e. The van der Waals surface area contributed by atoms with E-state index in [1.165, 1.54) is 18.2 Å². The first-order chi connectivity index (χ1) is 5.61. The SMILES string of the molecule is O=C([O-])c1cccc(C(=O)[O-])c1.[Rb+].[Rb+]. The summed E-state index contributed by atoms with van der Waals surface area (Å²) in [6.45, 7) is 0. The van der Waals surface area contributed by atoms with Gasteiger partial charge in [0.25, 0.3) is 0 Å². The minimum atomic E-state index is -1.40. The molecule has 0 aliphatic carbocycles. The van der Waals surface area contributed by atoms with Crippen LogP contribution in [-0.4, -0.2) is 11.9 Å². The van der Waals surface area contributed by atoms with Gasteiger partial charge in [0.05, 0.1) is 11.9 Å². The molecule has 0 atom stereocenters. The molecule has 0 aliphatic rings. The maximum atomic E-state index is 10.3. The fourth-order valence-corrected chi connectivity index (χ4v) is 0.773. The van der Waals surface area contributed by atoms with Crippen molar-refractivity contribution in [3.63, 3.8) is 0 Å². The van der Waals surface area contributed by atoms with Crippen molar-refractivity contribution in [2.24, 2.45) is 0 Å². The van der Waals surface area contributed by atoms with Gasteiger partial charge in [-0.15, -0.1) is 0 Å². The van der Waals surface area contributed by atoms with E-state index in [4.69, 9.17) is 0 Å². The number of hydrogen-bond acceptors (Lipinski definition) is 4. The van der Waals surface area contributed by atoms with Crippen LogP contribution in [0.25, 0.3) is 0 Å². The van der Waals surface area contributed by atoms with Gasteiger partial charge in [0, 0.05) is 0 Å². The van der Waals surface area contributed by atoms with Crippen molar-refractivity contribution < 1.29 is 136 Å². The molecule has 0 aromatic heterocycles. The molecule has 62 valence electrons. The van der Waals surface area contributed by atoms with Gasteiger partial charge in [-0.3, -0.25) is 0 Å². The zero-order valence-electron chi connectivity index (χ0n) is 7.94. The summed E-state index contributed by atoms with van der Waals surface area (Å²) in [6, 6.07) is 4.81. The van der Waals surface area contributed by atoms with Crippen LogP contribution in [0.2, 0.25) is 0 Å². The Balaban J connectivity index is 0. The Morgan fingerprint density at radius 1 is 0.929 bits per heavy atom. The van der Waals surface area contributed by atoms with E-state index in [2.05, 4.69) is 0 Å². The van der Waals surface area contributed by atoms with Crippen LogP contribution in [0.15, 0.2) is 24.3 Å². The van der Waals surface area contributed by atoms with Gasteiger partial charge in [0.1, 0.15) is 0 Å². The molecule has 1 aromatic rings. The van der Waals surface area contributed by atoms with Crippen molar-refractivity contribution in [3.8, 4) is 0 Å². The van der Waals surface area contributed by atoms with Gasteiger partial charge in [-0.2, -0.15) is 0 Å². The molecular weight excluding hydrogens is 331 g/mol. The number of carboxylic acid groups (broad SMARTS) is 2. The number of benzene rings is 1. The van der Waals surface area contributed by atoms with E-state index in [1.807, 2.05) is 0 Å². The second-order valence-corrected chi connectivity index (χ2v) is 2.16. The first-order valence-electron chi connectivity index (χ1n) is 3.14. The number of rotatable bonds is 2. The van der Waals surface area contributed by atoms with Crippen LogP contribution in [0.5, 0.6) is 0 Å². The predicted molar refractivity (Wildman–Crippen MR) is 35.1 cm³/mol. The van der Waals surface area contributed by atoms with Crippen molar-refractivity contribution in [3.05, 3.63) is 35.4 Å². The second-order valence-electron chi connectivity index (χ2n) is 2.16. The minimum absolute atomic E-state index is 0. The Bertz CT molecular complexity index is 309. The number of aromatic carboxylic acids is 2.